The van der Waals surface area contributed by atoms with E-state index in [2.05, 4.69) is 27.6 Å². The van der Waals surface area contributed by atoms with Crippen LogP contribution in [0.1, 0.15) is 24.2 Å². The lowest BCUT2D eigenvalue weighted by Gasteiger charge is -2.42. The lowest BCUT2D eigenvalue weighted by atomic mass is 9.75. The summed E-state index contributed by atoms with van der Waals surface area (Å²) in [5, 5.41) is 0.101. The van der Waals surface area contributed by atoms with E-state index in [0.29, 0.717) is 19.4 Å². The number of ether oxygens (including phenoxy) is 1. The second kappa shape index (κ2) is 8.61. The Bertz CT molecular complexity index is 1100. The molecule has 3 heterocycles. The maximum absolute atomic E-state index is 14.1. The van der Waals surface area contributed by atoms with Gasteiger partial charge >= 0.3 is 6.18 Å². The Labute approximate surface area is 206 Å². The number of benzene rings is 1. The first-order valence-electron chi connectivity index (χ1n) is 9.88. The number of alkyl halides is 4. The van der Waals surface area contributed by atoms with E-state index < -0.39 is 17.3 Å². The number of halogens is 6. The summed E-state index contributed by atoms with van der Waals surface area (Å²) in [6.45, 7) is 2.52. The Morgan fingerprint density at radius 1 is 1.28 bits per heavy atom. The van der Waals surface area contributed by atoms with Crippen LogP contribution in [0.4, 0.5) is 19.0 Å². The summed E-state index contributed by atoms with van der Waals surface area (Å²) in [4.78, 5) is 18.9. The molecular weight excluding hydrogens is 583 g/mol. The number of rotatable bonds is 2. The zero-order valence-corrected chi connectivity index (χ0v) is 20.6. The maximum Gasteiger partial charge on any atom is 0.425 e. The minimum absolute atomic E-state index is 0.0227. The third-order valence-electron chi connectivity index (χ3n) is 6.27. The van der Waals surface area contributed by atoms with E-state index in [1.165, 1.54) is 30.0 Å². The van der Waals surface area contributed by atoms with Gasteiger partial charge in [-0.1, -0.05) is 29.3 Å². The fourth-order valence-corrected chi connectivity index (χ4v) is 5.73. The molecule has 0 amide bonds. The quantitative estimate of drug-likeness (QED) is 0.403. The second-order valence-electron chi connectivity index (χ2n) is 8.11. The van der Waals surface area contributed by atoms with Gasteiger partial charge in [0.05, 0.1) is 22.3 Å². The number of nitrogens with two attached hydrogens (primary N) is 1. The molecule has 2 aliphatic heterocycles. The van der Waals surface area contributed by atoms with E-state index in [1.54, 1.807) is 0 Å². The van der Waals surface area contributed by atoms with Gasteiger partial charge in [0.15, 0.2) is 5.56 Å². The van der Waals surface area contributed by atoms with Crippen molar-refractivity contribution in [1.29, 1.82) is 0 Å². The van der Waals surface area contributed by atoms with Crippen molar-refractivity contribution in [1.82, 2.24) is 9.55 Å². The highest BCUT2D eigenvalue weighted by atomic mass is 127. The molecule has 2 fully saturated rings. The van der Waals surface area contributed by atoms with Crippen LogP contribution >= 0.6 is 45.8 Å². The topological polar surface area (TPSA) is 73.4 Å². The van der Waals surface area contributed by atoms with Gasteiger partial charge in [0.2, 0.25) is 0 Å². The van der Waals surface area contributed by atoms with Crippen molar-refractivity contribution in [3.8, 4) is 5.69 Å². The first-order valence-corrected chi connectivity index (χ1v) is 11.9. The lowest BCUT2D eigenvalue weighted by molar-refractivity contribution is -0.138. The number of nitrogens with zero attached hydrogens (tertiary/aromatic N) is 3. The Kier molecular flexibility index (Phi) is 6.47. The first kappa shape index (κ1) is 24.1. The molecule has 0 radical (unpaired) electrons. The van der Waals surface area contributed by atoms with Crippen LogP contribution in [0.5, 0.6) is 0 Å². The molecule has 2 saturated heterocycles. The van der Waals surface area contributed by atoms with E-state index in [9.17, 15) is 18.0 Å². The fourth-order valence-electron chi connectivity index (χ4n) is 4.40. The molecule has 2 aromatic rings. The number of aryl methyl sites for hydroxylation is 1. The molecule has 174 valence electrons. The normalized spacial score (nSPS) is 23.2. The van der Waals surface area contributed by atoms with Crippen molar-refractivity contribution >= 4 is 51.6 Å². The van der Waals surface area contributed by atoms with Gasteiger partial charge in [0, 0.05) is 24.5 Å². The Morgan fingerprint density at radius 2 is 1.94 bits per heavy atom. The average molecular weight is 603 g/mol. The third-order valence-corrected chi connectivity index (χ3v) is 8.21. The fraction of sp³-hybridized carbons (Fsp3) is 0.500. The monoisotopic (exact) mass is 602 g/mol. The van der Waals surface area contributed by atoms with E-state index in [4.69, 9.17) is 33.7 Å². The van der Waals surface area contributed by atoms with E-state index in [1.807, 2.05) is 0 Å². The summed E-state index contributed by atoms with van der Waals surface area (Å²) in [5.41, 5.74) is 3.51. The van der Waals surface area contributed by atoms with Crippen LogP contribution in [0.15, 0.2) is 23.0 Å². The summed E-state index contributed by atoms with van der Waals surface area (Å²) in [7, 11) is 0. The third kappa shape index (κ3) is 4.02. The van der Waals surface area contributed by atoms with E-state index in [0.717, 1.165) is 4.57 Å². The van der Waals surface area contributed by atoms with Gasteiger partial charge in [-0.15, -0.1) is 0 Å². The first-order chi connectivity index (χ1) is 15.0. The van der Waals surface area contributed by atoms with Crippen LogP contribution in [-0.2, 0) is 10.9 Å². The van der Waals surface area contributed by atoms with Gasteiger partial charge in [-0.3, -0.25) is 9.36 Å². The van der Waals surface area contributed by atoms with Gasteiger partial charge in [-0.25, -0.2) is 4.98 Å². The van der Waals surface area contributed by atoms with Crippen molar-refractivity contribution in [3.63, 3.8) is 0 Å². The van der Waals surface area contributed by atoms with Crippen molar-refractivity contribution in [2.75, 3.05) is 24.6 Å². The number of piperidine rings is 1. The molecule has 4 rings (SSSR count). The molecule has 0 bridgehead atoms. The Hall–Kier alpha value is -1.08. The summed E-state index contributed by atoms with van der Waals surface area (Å²) in [6, 6.07) is 4.23. The lowest BCUT2D eigenvalue weighted by Crippen LogP contribution is -2.51. The summed E-state index contributed by atoms with van der Waals surface area (Å²) >= 11 is 14.3. The smallest absolute Gasteiger partial charge is 0.366 e. The van der Waals surface area contributed by atoms with Crippen molar-refractivity contribution in [2.24, 2.45) is 11.1 Å². The molecule has 0 unspecified atom stereocenters. The minimum atomic E-state index is -4.91. The number of aromatic nitrogens is 2. The van der Waals surface area contributed by atoms with Gasteiger partial charge in [0.25, 0.3) is 5.56 Å². The van der Waals surface area contributed by atoms with Crippen LogP contribution in [0.2, 0.25) is 10.0 Å². The number of hydrogen-bond acceptors (Lipinski definition) is 5. The molecule has 2 N–H and O–H groups in total. The highest BCUT2D eigenvalue weighted by Crippen LogP contribution is 2.44. The summed E-state index contributed by atoms with van der Waals surface area (Å²) in [6.07, 6.45) is -3.81. The number of hydrogen-bond donors (Lipinski definition) is 1. The summed E-state index contributed by atoms with van der Waals surface area (Å²) in [5.74, 6) is -0.293. The van der Waals surface area contributed by atoms with E-state index >= 15 is 0 Å². The minimum Gasteiger partial charge on any atom is -0.366 e. The predicted molar refractivity (Wildman–Crippen MR) is 125 cm³/mol. The largest absolute Gasteiger partial charge is 0.425 e. The highest BCUT2D eigenvalue weighted by molar-refractivity contribution is 14.1. The SMILES string of the molecule is Cc1nc(N2CCC3(CC2)CO[C@@H](I)[C@H]3N)c(C(F)(F)F)c(=O)n1-c1cccc(Cl)c1Cl. The molecule has 1 aromatic heterocycles. The molecule has 0 aliphatic carbocycles. The maximum atomic E-state index is 14.1. The molecule has 6 nitrogen and oxygen atoms in total. The van der Waals surface area contributed by atoms with Gasteiger partial charge in [0.1, 0.15) is 15.8 Å². The van der Waals surface area contributed by atoms with Crippen molar-refractivity contribution in [2.45, 2.75) is 36.1 Å². The second-order valence-corrected chi connectivity index (χ2v) is 10.1. The van der Waals surface area contributed by atoms with Crippen molar-refractivity contribution < 1.29 is 17.9 Å². The van der Waals surface area contributed by atoms with Gasteiger partial charge < -0.3 is 15.4 Å². The van der Waals surface area contributed by atoms with Gasteiger partial charge in [-0.2, -0.15) is 13.2 Å². The standard InChI is InChI=1S/C20H20Cl2F3IN4O2/c1-10-28-17(29-7-5-19(6-8-29)9-32-16(26)15(19)27)13(20(23,24)25)18(31)30(10)12-4-2-3-11(21)14(12)22/h2-4,15-16H,5-9,27H2,1H3/t15-,16-/m1/s1. The molecule has 2 atom stereocenters. The van der Waals surface area contributed by atoms with Crippen LogP contribution in [-0.4, -0.2) is 39.4 Å². The number of anilines is 1. The van der Waals surface area contributed by atoms with Crippen LogP contribution in [0, 0.1) is 12.3 Å². The molecule has 12 heteroatoms. The zero-order chi connectivity index (χ0) is 23.4. The zero-order valence-electron chi connectivity index (χ0n) is 16.9. The molecule has 0 saturated carbocycles. The molecular formula is C20H20Cl2F3IN4O2. The van der Waals surface area contributed by atoms with Gasteiger partial charge in [-0.05, 0) is 54.5 Å². The van der Waals surface area contributed by atoms with Crippen LogP contribution < -0.4 is 16.2 Å². The highest BCUT2D eigenvalue weighted by Gasteiger charge is 2.49. The molecule has 1 spiro atoms. The van der Waals surface area contributed by atoms with E-state index in [-0.39, 0.29) is 56.0 Å². The molecule has 32 heavy (non-hydrogen) atoms. The van der Waals surface area contributed by atoms with Crippen molar-refractivity contribution in [3.05, 3.63) is 50.0 Å². The molecule has 2 aliphatic rings. The Balaban J connectivity index is 1.78. The van der Waals surface area contributed by atoms with Crippen LogP contribution in [0.25, 0.3) is 5.69 Å². The molecule has 1 aromatic carbocycles. The summed E-state index contributed by atoms with van der Waals surface area (Å²) < 4.78 is 48.7. The predicted octanol–water partition coefficient (Wildman–Crippen LogP) is 4.57. The average Bonchev–Trinajstić information content (AvgIpc) is 2.99. The Morgan fingerprint density at radius 3 is 2.50 bits per heavy atom. The van der Waals surface area contributed by atoms with Crippen LogP contribution in [0.3, 0.4) is 0 Å².